The molecule has 0 bridgehead atoms. The molecule has 0 aliphatic carbocycles. The molecular weight excluding hydrogens is 405 g/mol. The summed E-state index contributed by atoms with van der Waals surface area (Å²) in [7, 11) is 1.59. The van der Waals surface area contributed by atoms with Crippen LogP contribution >= 0.6 is 0 Å². The predicted molar refractivity (Wildman–Crippen MR) is 116 cm³/mol. The topological polar surface area (TPSA) is 65.5 Å². The van der Waals surface area contributed by atoms with Crippen LogP contribution in [0.3, 0.4) is 0 Å². The van der Waals surface area contributed by atoms with E-state index < -0.39 is 11.7 Å². The average Bonchev–Trinajstić information content (AvgIpc) is 2.76. The van der Waals surface area contributed by atoms with Crippen molar-refractivity contribution >= 4 is 11.9 Å². The van der Waals surface area contributed by atoms with Gasteiger partial charge in [-0.05, 0) is 55.3 Å². The lowest BCUT2D eigenvalue weighted by molar-refractivity contribution is -0.137. The highest BCUT2D eigenvalue weighted by molar-refractivity contribution is 5.94. The van der Waals surface area contributed by atoms with Crippen LogP contribution in [0.2, 0.25) is 0 Å². The first kappa shape index (κ1) is 23.8. The van der Waals surface area contributed by atoms with Gasteiger partial charge in [0.1, 0.15) is 0 Å². The monoisotopic (exact) mass is 430 g/mol. The third-order valence-electron chi connectivity index (χ3n) is 4.22. The Hall–Kier alpha value is -3.47. The maximum atomic E-state index is 12.6. The SMILES string of the molecule is CCNC(=NCCc1cccc(C(=O)NC)c1)NCC#Cc1ccc(C(F)(F)F)cc1. The first-order valence-electron chi connectivity index (χ1n) is 9.82. The molecule has 0 aliphatic rings. The second-order valence-corrected chi connectivity index (χ2v) is 6.52. The third kappa shape index (κ3) is 8.05. The summed E-state index contributed by atoms with van der Waals surface area (Å²) in [5.41, 5.74) is 1.42. The van der Waals surface area contributed by atoms with Gasteiger partial charge >= 0.3 is 6.18 Å². The molecule has 0 fully saturated rings. The summed E-state index contributed by atoms with van der Waals surface area (Å²) in [6.07, 6.45) is -3.69. The van der Waals surface area contributed by atoms with E-state index >= 15 is 0 Å². The van der Waals surface area contributed by atoms with Crippen LogP contribution in [0.15, 0.2) is 53.5 Å². The first-order chi connectivity index (χ1) is 14.8. The lowest BCUT2D eigenvalue weighted by Crippen LogP contribution is -2.37. The number of aliphatic imine (C=N–C) groups is 1. The van der Waals surface area contributed by atoms with E-state index in [0.717, 1.165) is 17.7 Å². The summed E-state index contributed by atoms with van der Waals surface area (Å²) >= 11 is 0. The Morgan fingerprint density at radius 1 is 1.10 bits per heavy atom. The molecule has 8 heteroatoms. The Morgan fingerprint density at radius 2 is 1.84 bits per heavy atom. The number of carbonyl (C=O) groups is 1. The largest absolute Gasteiger partial charge is 0.416 e. The summed E-state index contributed by atoms with van der Waals surface area (Å²) < 4.78 is 37.8. The number of halogens is 3. The Labute approximate surface area is 180 Å². The molecule has 164 valence electrons. The molecule has 2 aromatic carbocycles. The van der Waals surface area contributed by atoms with E-state index in [1.165, 1.54) is 12.1 Å². The molecule has 0 atom stereocenters. The van der Waals surface area contributed by atoms with E-state index in [9.17, 15) is 18.0 Å². The van der Waals surface area contributed by atoms with Gasteiger partial charge in [0, 0.05) is 31.3 Å². The minimum atomic E-state index is -4.35. The van der Waals surface area contributed by atoms with Crippen molar-refractivity contribution in [2.75, 3.05) is 26.7 Å². The van der Waals surface area contributed by atoms with Crippen LogP contribution in [0.1, 0.15) is 34.0 Å². The minimum Gasteiger partial charge on any atom is -0.357 e. The van der Waals surface area contributed by atoms with Crippen molar-refractivity contribution in [1.29, 1.82) is 0 Å². The van der Waals surface area contributed by atoms with E-state index in [0.29, 0.717) is 43.1 Å². The number of amides is 1. The fraction of sp³-hybridized carbons (Fsp3) is 0.304. The maximum Gasteiger partial charge on any atom is 0.416 e. The number of guanidine groups is 1. The van der Waals surface area contributed by atoms with Crippen LogP contribution in [-0.2, 0) is 12.6 Å². The number of hydrogen-bond donors (Lipinski definition) is 3. The van der Waals surface area contributed by atoms with Crippen LogP contribution in [0.4, 0.5) is 13.2 Å². The van der Waals surface area contributed by atoms with E-state index in [2.05, 4.69) is 32.8 Å². The number of nitrogens with zero attached hydrogens (tertiary/aromatic N) is 1. The molecule has 0 aliphatic heterocycles. The Kier molecular flexibility index (Phi) is 8.94. The molecule has 3 N–H and O–H groups in total. The number of nitrogens with one attached hydrogen (secondary N) is 3. The van der Waals surface area contributed by atoms with Gasteiger partial charge in [-0.25, -0.2) is 0 Å². The zero-order chi connectivity index (χ0) is 22.7. The number of alkyl halides is 3. The molecule has 0 spiro atoms. The normalized spacial score (nSPS) is 11.3. The Balaban J connectivity index is 1.90. The molecule has 0 saturated carbocycles. The number of rotatable bonds is 6. The van der Waals surface area contributed by atoms with Crippen molar-refractivity contribution in [3.8, 4) is 11.8 Å². The van der Waals surface area contributed by atoms with Crippen LogP contribution in [0, 0.1) is 11.8 Å². The van der Waals surface area contributed by atoms with Crippen molar-refractivity contribution < 1.29 is 18.0 Å². The van der Waals surface area contributed by atoms with E-state index in [1.807, 2.05) is 25.1 Å². The molecule has 0 radical (unpaired) electrons. The van der Waals surface area contributed by atoms with Gasteiger partial charge < -0.3 is 16.0 Å². The van der Waals surface area contributed by atoms with Crippen LogP contribution in [-0.4, -0.2) is 38.5 Å². The summed E-state index contributed by atoms with van der Waals surface area (Å²) in [6.45, 7) is 3.42. The Morgan fingerprint density at radius 3 is 2.48 bits per heavy atom. The molecule has 5 nitrogen and oxygen atoms in total. The molecule has 1 amide bonds. The molecule has 0 unspecified atom stereocenters. The van der Waals surface area contributed by atoms with E-state index in [1.54, 1.807) is 13.1 Å². The highest BCUT2D eigenvalue weighted by atomic mass is 19.4. The standard InChI is InChI=1S/C23H25F3N4O/c1-3-28-22(30-15-13-18-6-4-8-19(16-18)21(31)27-2)29-14-5-7-17-9-11-20(12-10-17)23(24,25)26/h4,6,8-12,16H,3,13-15H2,1-2H3,(H,27,31)(H2,28,29,30). The second kappa shape index (κ2) is 11.6. The average molecular weight is 430 g/mol. The van der Waals surface area contributed by atoms with Gasteiger partial charge in [0.2, 0.25) is 0 Å². The smallest absolute Gasteiger partial charge is 0.357 e. The van der Waals surface area contributed by atoms with Gasteiger partial charge in [-0.3, -0.25) is 9.79 Å². The third-order valence-corrected chi connectivity index (χ3v) is 4.22. The summed E-state index contributed by atoms with van der Waals surface area (Å²) in [4.78, 5) is 16.2. The molecule has 0 aromatic heterocycles. The van der Waals surface area contributed by atoms with Gasteiger partial charge in [0.05, 0.1) is 12.1 Å². The second-order valence-electron chi connectivity index (χ2n) is 6.52. The van der Waals surface area contributed by atoms with Gasteiger partial charge in [-0.15, -0.1) is 0 Å². The fourth-order valence-electron chi connectivity index (χ4n) is 2.67. The predicted octanol–water partition coefficient (Wildman–Crippen LogP) is 3.21. The van der Waals surface area contributed by atoms with Crippen molar-refractivity contribution in [1.82, 2.24) is 16.0 Å². The zero-order valence-corrected chi connectivity index (χ0v) is 17.4. The molecule has 2 aromatic rings. The van der Waals surface area contributed by atoms with Gasteiger partial charge in [0.25, 0.3) is 5.91 Å². The molecule has 0 saturated heterocycles. The molecule has 0 heterocycles. The number of hydrogen-bond acceptors (Lipinski definition) is 2. The summed E-state index contributed by atoms with van der Waals surface area (Å²) in [6, 6.07) is 12.1. The maximum absolute atomic E-state index is 12.6. The van der Waals surface area contributed by atoms with Gasteiger partial charge in [-0.1, -0.05) is 24.0 Å². The van der Waals surface area contributed by atoms with E-state index in [-0.39, 0.29) is 5.91 Å². The van der Waals surface area contributed by atoms with Crippen LogP contribution in [0.5, 0.6) is 0 Å². The lowest BCUT2D eigenvalue weighted by Gasteiger charge is -2.09. The first-order valence-corrected chi connectivity index (χ1v) is 9.82. The zero-order valence-electron chi connectivity index (χ0n) is 17.4. The number of benzene rings is 2. The minimum absolute atomic E-state index is 0.132. The van der Waals surface area contributed by atoms with Gasteiger partial charge in [0.15, 0.2) is 5.96 Å². The van der Waals surface area contributed by atoms with Crippen molar-refractivity contribution in [3.05, 3.63) is 70.8 Å². The van der Waals surface area contributed by atoms with Crippen molar-refractivity contribution in [3.63, 3.8) is 0 Å². The number of carbonyl (C=O) groups excluding carboxylic acids is 1. The highest BCUT2D eigenvalue weighted by Crippen LogP contribution is 2.28. The quantitative estimate of drug-likeness (QED) is 0.375. The summed E-state index contributed by atoms with van der Waals surface area (Å²) in [5.74, 6) is 6.16. The lowest BCUT2D eigenvalue weighted by atomic mass is 10.1. The fourth-order valence-corrected chi connectivity index (χ4v) is 2.67. The molecular formula is C23H25F3N4O. The van der Waals surface area contributed by atoms with Crippen molar-refractivity contribution in [2.45, 2.75) is 19.5 Å². The Bertz CT molecular complexity index is 957. The molecule has 31 heavy (non-hydrogen) atoms. The van der Waals surface area contributed by atoms with Gasteiger partial charge in [-0.2, -0.15) is 13.2 Å². The summed E-state index contributed by atoms with van der Waals surface area (Å²) in [5, 5.41) is 8.79. The van der Waals surface area contributed by atoms with Crippen LogP contribution in [0.25, 0.3) is 0 Å². The molecule has 2 rings (SSSR count). The van der Waals surface area contributed by atoms with E-state index in [4.69, 9.17) is 0 Å². The van der Waals surface area contributed by atoms with Crippen LogP contribution < -0.4 is 16.0 Å². The van der Waals surface area contributed by atoms with Crippen molar-refractivity contribution in [2.24, 2.45) is 4.99 Å². The highest BCUT2D eigenvalue weighted by Gasteiger charge is 2.29.